The molecule has 1 aliphatic carbocycles. The number of aliphatic carboxylic acids is 1. The number of carboxylic acid groups (broad SMARTS) is 1. The second-order valence-electron chi connectivity index (χ2n) is 8.23. The molecule has 0 aromatic heterocycles. The largest absolute Gasteiger partial charge is 0.480 e. The summed E-state index contributed by atoms with van der Waals surface area (Å²) in [6.45, 7) is 1.92. The van der Waals surface area contributed by atoms with Crippen LogP contribution < -0.4 is 4.72 Å². The van der Waals surface area contributed by atoms with Crippen molar-refractivity contribution in [2.45, 2.75) is 35.4 Å². The van der Waals surface area contributed by atoms with Crippen molar-refractivity contribution in [1.82, 2.24) is 9.03 Å². The molecule has 1 saturated heterocycles. The topological polar surface area (TPSA) is 95.9 Å². The Balaban J connectivity index is 1.47. The highest BCUT2D eigenvalue weighted by Crippen LogP contribution is 2.58. The molecular formula is C22H24Cl2N2O5S. The lowest BCUT2D eigenvalue weighted by Gasteiger charge is -2.25. The van der Waals surface area contributed by atoms with Gasteiger partial charge in [0.05, 0.1) is 6.10 Å². The van der Waals surface area contributed by atoms with Crippen LogP contribution in [-0.4, -0.2) is 48.5 Å². The number of benzene rings is 2. The molecule has 0 bridgehead atoms. The molecule has 1 unspecified atom stereocenters. The van der Waals surface area contributed by atoms with E-state index in [0.717, 1.165) is 5.56 Å². The molecule has 10 heteroatoms. The molecule has 7 nitrogen and oxygen atoms in total. The maximum atomic E-state index is 13.1. The highest BCUT2D eigenvalue weighted by Gasteiger charge is 2.70. The van der Waals surface area contributed by atoms with Crippen LogP contribution in [0.3, 0.4) is 0 Å². The molecule has 172 valence electrons. The quantitative estimate of drug-likeness (QED) is 0.543. The monoisotopic (exact) mass is 498 g/mol. The molecule has 2 aromatic rings. The van der Waals surface area contributed by atoms with Crippen LogP contribution in [0.4, 0.5) is 0 Å². The van der Waals surface area contributed by atoms with E-state index in [1.165, 1.54) is 4.31 Å². The molecule has 2 fully saturated rings. The van der Waals surface area contributed by atoms with Crippen molar-refractivity contribution in [2.24, 2.45) is 5.92 Å². The Bertz CT molecular complexity index is 1080. The third-order valence-corrected chi connectivity index (χ3v) is 8.50. The number of halogens is 2. The summed E-state index contributed by atoms with van der Waals surface area (Å²) in [6, 6.07) is 17.9. The second kappa shape index (κ2) is 8.59. The van der Waals surface area contributed by atoms with Gasteiger partial charge in [-0.15, -0.1) is 0 Å². The molecule has 1 saturated carbocycles. The summed E-state index contributed by atoms with van der Waals surface area (Å²) >= 11 is 12.7. The van der Waals surface area contributed by atoms with E-state index in [0.29, 0.717) is 12.0 Å². The number of carboxylic acids is 1. The Morgan fingerprint density at radius 3 is 2.34 bits per heavy atom. The maximum absolute atomic E-state index is 13.1. The van der Waals surface area contributed by atoms with E-state index in [-0.39, 0.29) is 13.1 Å². The summed E-state index contributed by atoms with van der Waals surface area (Å²) in [5.74, 6) is -2.05. The van der Waals surface area contributed by atoms with Gasteiger partial charge in [-0.25, -0.2) is 0 Å². The maximum Gasteiger partial charge on any atom is 0.325 e. The van der Waals surface area contributed by atoms with Crippen molar-refractivity contribution in [3.8, 4) is 0 Å². The van der Waals surface area contributed by atoms with Gasteiger partial charge in [0, 0.05) is 24.6 Å². The predicted molar refractivity (Wildman–Crippen MR) is 122 cm³/mol. The van der Waals surface area contributed by atoms with E-state index in [9.17, 15) is 18.3 Å². The average Bonchev–Trinajstić information content (AvgIpc) is 3.08. The minimum atomic E-state index is -4.09. The van der Waals surface area contributed by atoms with Crippen molar-refractivity contribution in [2.75, 3.05) is 13.1 Å². The van der Waals surface area contributed by atoms with Gasteiger partial charge in [0.1, 0.15) is 5.54 Å². The van der Waals surface area contributed by atoms with Gasteiger partial charge in [-0.3, -0.25) is 4.79 Å². The van der Waals surface area contributed by atoms with E-state index in [2.05, 4.69) is 4.72 Å². The van der Waals surface area contributed by atoms with Crippen LogP contribution in [0.15, 0.2) is 60.7 Å². The Morgan fingerprint density at radius 2 is 1.75 bits per heavy atom. The SMILES string of the molecule is C[C@@H]1[C@H](c2ccccc2)[C@]1(NS(=O)(=O)N1CCC(OC(Cl)(Cl)c2ccccc2)C1)C(=O)O. The lowest BCUT2D eigenvalue weighted by atomic mass is 10.1. The Hall–Kier alpha value is -1.68. The molecular weight excluding hydrogens is 475 g/mol. The van der Waals surface area contributed by atoms with E-state index in [4.69, 9.17) is 27.9 Å². The summed E-state index contributed by atoms with van der Waals surface area (Å²) in [5, 5.41) is 9.94. The smallest absolute Gasteiger partial charge is 0.325 e. The number of carbonyl (C=O) groups is 1. The first-order valence-corrected chi connectivity index (χ1v) is 12.5. The molecule has 2 N–H and O–H groups in total. The van der Waals surface area contributed by atoms with Gasteiger partial charge >= 0.3 is 5.97 Å². The third kappa shape index (κ3) is 4.27. The Kier molecular flexibility index (Phi) is 6.30. The molecule has 2 aromatic carbocycles. The summed E-state index contributed by atoms with van der Waals surface area (Å²) in [5.41, 5.74) is -0.263. The highest BCUT2D eigenvalue weighted by molar-refractivity contribution is 7.87. The fraction of sp³-hybridized carbons (Fsp3) is 0.409. The first-order valence-electron chi connectivity index (χ1n) is 10.3. The molecule has 4 rings (SSSR count). The average molecular weight is 499 g/mol. The number of rotatable bonds is 8. The normalized spacial score (nSPS) is 28.5. The van der Waals surface area contributed by atoms with E-state index in [1.807, 2.05) is 24.3 Å². The zero-order valence-corrected chi connectivity index (χ0v) is 19.6. The number of nitrogens with one attached hydrogen (secondary N) is 1. The lowest BCUT2D eigenvalue weighted by molar-refractivity contribution is -0.140. The molecule has 0 spiro atoms. The van der Waals surface area contributed by atoms with Gasteiger partial charge in [-0.1, -0.05) is 90.8 Å². The number of ether oxygens (including phenoxy) is 1. The van der Waals surface area contributed by atoms with Gasteiger partial charge in [-0.05, 0) is 17.9 Å². The fourth-order valence-electron chi connectivity index (χ4n) is 4.50. The molecule has 2 aliphatic rings. The Morgan fingerprint density at radius 1 is 1.16 bits per heavy atom. The van der Waals surface area contributed by atoms with Crippen molar-refractivity contribution in [1.29, 1.82) is 0 Å². The van der Waals surface area contributed by atoms with Crippen LogP contribution in [-0.2, 0) is 24.3 Å². The number of alkyl halides is 2. The molecule has 0 amide bonds. The van der Waals surface area contributed by atoms with Crippen molar-refractivity contribution < 1.29 is 23.1 Å². The van der Waals surface area contributed by atoms with Crippen molar-refractivity contribution in [3.63, 3.8) is 0 Å². The van der Waals surface area contributed by atoms with E-state index < -0.39 is 44.2 Å². The minimum Gasteiger partial charge on any atom is -0.480 e. The zero-order chi connectivity index (χ0) is 23.1. The lowest BCUT2D eigenvalue weighted by Crippen LogP contribution is -2.51. The molecule has 0 radical (unpaired) electrons. The first-order chi connectivity index (χ1) is 15.1. The molecule has 4 atom stereocenters. The van der Waals surface area contributed by atoms with Gasteiger partial charge in [0.25, 0.3) is 10.2 Å². The van der Waals surface area contributed by atoms with Crippen LogP contribution >= 0.6 is 23.2 Å². The van der Waals surface area contributed by atoms with Gasteiger partial charge in [0.15, 0.2) is 0 Å². The van der Waals surface area contributed by atoms with Gasteiger partial charge in [-0.2, -0.15) is 17.4 Å². The van der Waals surface area contributed by atoms with Crippen LogP contribution in [0.5, 0.6) is 0 Å². The summed E-state index contributed by atoms with van der Waals surface area (Å²) in [4.78, 5) is 12.2. The first kappa shape index (κ1) is 23.5. The number of nitrogens with zero attached hydrogens (tertiary/aromatic N) is 1. The van der Waals surface area contributed by atoms with Crippen LogP contribution in [0.1, 0.15) is 30.4 Å². The highest BCUT2D eigenvalue weighted by atomic mass is 35.5. The van der Waals surface area contributed by atoms with Gasteiger partial charge in [0.2, 0.25) is 4.52 Å². The molecule has 1 aliphatic heterocycles. The molecule has 32 heavy (non-hydrogen) atoms. The van der Waals surface area contributed by atoms with Gasteiger partial charge < -0.3 is 9.84 Å². The van der Waals surface area contributed by atoms with Crippen molar-refractivity contribution in [3.05, 3.63) is 71.8 Å². The predicted octanol–water partition coefficient (Wildman–Crippen LogP) is 3.46. The second-order valence-corrected chi connectivity index (χ2v) is 11.2. The summed E-state index contributed by atoms with van der Waals surface area (Å²) in [7, 11) is -4.09. The minimum absolute atomic E-state index is 0.0173. The van der Waals surface area contributed by atoms with Crippen LogP contribution in [0, 0.1) is 5.92 Å². The standard InChI is InChI=1S/C22H24Cl2N2O5S/c1-15-19(16-8-4-2-5-9-16)21(15,20(27)28)25-32(29,30)26-13-12-18(14-26)31-22(23,24)17-10-6-3-7-11-17/h2-11,15,18-19,25H,12-14H2,1H3,(H,27,28)/t15-,18?,19-,21+/m1/s1. The number of hydrogen-bond acceptors (Lipinski definition) is 4. The summed E-state index contributed by atoms with van der Waals surface area (Å²) in [6.07, 6.45) is -0.156. The molecule has 1 heterocycles. The number of hydrogen-bond donors (Lipinski definition) is 2. The van der Waals surface area contributed by atoms with Crippen LogP contribution in [0.25, 0.3) is 0 Å². The van der Waals surface area contributed by atoms with E-state index >= 15 is 0 Å². The fourth-order valence-corrected chi connectivity index (χ4v) is 6.67. The van der Waals surface area contributed by atoms with E-state index in [1.54, 1.807) is 43.3 Å². The van der Waals surface area contributed by atoms with Crippen LogP contribution in [0.2, 0.25) is 0 Å². The third-order valence-electron chi connectivity index (χ3n) is 6.28. The Labute approximate surface area is 197 Å². The zero-order valence-electron chi connectivity index (χ0n) is 17.3. The summed E-state index contributed by atoms with van der Waals surface area (Å²) < 4.78 is 34.1. The van der Waals surface area contributed by atoms with Crippen molar-refractivity contribution >= 4 is 39.4 Å².